The lowest BCUT2D eigenvalue weighted by Gasteiger charge is -2.36. The zero-order valence-corrected chi connectivity index (χ0v) is 13.0. The number of hydrogen-bond acceptors (Lipinski definition) is 5. The number of hydrogen-bond donors (Lipinski definition) is 1. The molecular weight excluding hydrogens is 290 g/mol. The minimum atomic E-state index is -1.16. The van der Waals surface area contributed by atoms with Gasteiger partial charge in [-0.05, 0) is 31.0 Å². The van der Waals surface area contributed by atoms with Gasteiger partial charge in [-0.25, -0.2) is 0 Å². The Morgan fingerprint density at radius 3 is 3.00 bits per heavy atom. The van der Waals surface area contributed by atoms with E-state index < -0.39 is 10.8 Å². The van der Waals surface area contributed by atoms with Gasteiger partial charge in [-0.15, -0.1) is 0 Å². The van der Waals surface area contributed by atoms with E-state index >= 15 is 0 Å². The van der Waals surface area contributed by atoms with Crippen LogP contribution in [0.5, 0.6) is 5.75 Å². The largest absolute Gasteiger partial charge is 0.497 e. The molecule has 3 rings (SSSR count). The Morgan fingerprint density at radius 2 is 2.29 bits per heavy atom. The van der Waals surface area contributed by atoms with Gasteiger partial charge in [-0.1, -0.05) is 0 Å². The fourth-order valence-corrected chi connectivity index (χ4v) is 4.68. The van der Waals surface area contributed by atoms with Crippen LogP contribution in [-0.2, 0) is 20.3 Å². The third kappa shape index (κ3) is 2.93. The van der Waals surface area contributed by atoms with E-state index in [9.17, 15) is 4.21 Å². The first-order valence-corrected chi connectivity index (χ1v) is 8.41. The topological polar surface area (TPSA) is 70.8 Å². The van der Waals surface area contributed by atoms with Crippen LogP contribution in [0.4, 0.5) is 5.69 Å². The maximum Gasteiger partial charge on any atom is 0.120 e. The Kier molecular flexibility index (Phi) is 4.19. The summed E-state index contributed by atoms with van der Waals surface area (Å²) in [6.45, 7) is 1.96. The van der Waals surface area contributed by atoms with E-state index in [4.69, 9.17) is 19.9 Å². The van der Waals surface area contributed by atoms with Gasteiger partial charge in [0.2, 0.25) is 0 Å². The molecule has 3 atom stereocenters. The van der Waals surface area contributed by atoms with Crippen molar-refractivity contribution in [2.24, 2.45) is 0 Å². The second-order valence-corrected chi connectivity index (χ2v) is 7.35. The molecule has 0 saturated carbocycles. The van der Waals surface area contributed by atoms with Crippen LogP contribution in [0.2, 0.25) is 0 Å². The molecule has 2 fully saturated rings. The van der Waals surface area contributed by atoms with Crippen molar-refractivity contribution in [2.45, 2.75) is 35.0 Å². The molecular formula is C15H21NO4S. The fraction of sp³-hybridized carbons (Fsp3) is 0.600. The molecule has 2 saturated heterocycles. The molecule has 2 aliphatic rings. The number of nitrogen functional groups attached to an aromatic ring is 1. The first kappa shape index (κ1) is 14.8. The molecule has 0 amide bonds. The van der Waals surface area contributed by atoms with Gasteiger partial charge in [-0.2, -0.15) is 0 Å². The lowest BCUT2D eigenvalue weighted by Crippen LogP contribution is -2.43. The maximum absolute atomic E-state index is 12.9. The van der Waals surface area contributed by atoms with Crippen molar-refractivity contribution in [2.75, 3.05) is 32.7 Å². The van der Waals surface area contributed by atoms with Crippen LogP contribution in [0.1, 0.15) is 19.3 Å². The summed E-state index contributed by atoms with van der Waals surface area (Å²) in [6, 6.07) is 5.31. The van der Waals surface area contributed by atoms with Gasteiger partial charge in [0.15, 0.2) is 0 Å². The van der Waals surface area contributed by atoms with Gasteiger partial charge in [0.05, 0.1) is 35.0 Å². The molecule has 1 aromatic rings. The predicted molar refractivity (Wildman–Crippen MR) is 81.0 cm³/mol. The Hall–Kier alpha value is -1.11. The summed E-state index contributed by atoms with van der Waals surface area (Å²) in [7, 11) is 0.439. The molecule has 116 valence electrons. The van der Waals surface area contributed by atoms with Crippen molar-refractivity contribution in [1.82, 2.24) is 0 Å². The van der Waals surface area contributed by atoms with Crippen molar-refractivity contribution in [1.29, 1.82) is 0 Å². The van der Waals surface area contributed by atoms with Gasteiger partial charge >= 0.3 is 0 Å². The molecule has 21 heavy (non-hydrogen) atoms. The summed E-state index contributed by atoms with van der Waals surface area (Å²) in [5.41, 5.74) is 6.30. The van der Waals surface area contributed by atoms with Gasteiger partial charge in [0.25, 0.3) is 0 Å². The smallest absolute Gasteiger partial charge is 0.120 e. The summed E-state index contributed by atoms with van der Waals surface area (Å²) in [5.74, 6) is 0.679. The highest BCUT2D eigenvalue weighted by atomic mass is 32.2. The normalized spacial score (nSPS) is 30.4. The first-order chi connectivity index (χ1) is 10.1. The average Bonchev–Trinajstić information content (AvgIpc) is 2.95. The molecule has 1 spiro atoms. The fourth-order valence-electron chi connectivity index (χ4n) is 3.02. The average molecular weight is 311 g/mol. The number of benzene rings is 1. The third-order valence-corrected chi connectivity index (χ3v) is 6.05. The highest BCUT2D eigenvalue weighted by Crippen LogP contribution is 2.37. The quantitative estimate of drug-likeness (QED) is 0.861. The second-order valence-electron chi connectivity index (χ2n) is 5.65. The summed E-state index contributed by atoms with van der Waals surface area (Å²) >= 11 is 0. The van der Waals surface area contributed by atoms with E-state index in [1.54, 1.807) is 25.3 Å². The van der Waals surface area contributed by atoms with Crippen molar-refractivity contribution in [3.05, 3.63) is 18.2 Å². The van der Waals surface area contributed by atoms with E-state index in [1.807, 2.05) is 0 Å². The predicted octanol–water partition coefficient (Wildman–Crippen LogP) is 1.72. The molecule has 3 unspecified atom stereocenters. The summed E-state index contributed by atoms with van der Waals surface area (Å²) in [5, 5.41) is 0.0508. The highest BCUT2D eigenvalue weighted by molar-refractivity contribution is 7.85. The summed E-state index contributed by atoms with van der Waals surface area (Å²) in [6.07, 6.45) is 2.43. The second kappa shape index (κ2) is 5.94. The van der Waals surface area contributed by atoms with Crippen molar-refractivity contribution in [3.63, 3.8) is 0 Å². The van der Waals surface area contributed by atoms with E-state index in [2.05, 4.69) is 0 Å². The molecule has 0 bridgehead atoms. The molecule has 2 aliphatic heterocycles. The van der Waals surface area contributed by atoms with Crippen LogP contribution in [-0.4, -0.2) is 42.0 Å². The van der Waals surface area contributed by atoms with Crippen LogP contribution in [0.15, 0.2) is 23.1 Å². The molecule has 0 radical (unpaired) electrons. The molecule has 1 aromatic carbocycles. The Morgan fingerprint density at radius 1 is 1.43 bits per heavy atom. The number of ether oxygens (including phenoxy) is 3. The summed E-state index contributed by atoms with van der Waals surface area (Å²) < 4.78 is 29.5. The van der Waals surface area contributed by atoms with Crippen LogP contribution in [0.3, 0.4) is 0 Å². The first-order valence-electron chi connectivity index (χ1n) is 7.19. The Labute approximate surface area is 127 Å². The Bertz CT molecular complexity index is 542. The Balaban J connectivity index is 1.81. The SMILES string of the molecule is COc1ccc(N)c(S(=O)C2CCOC3(CCOC3)C2)c1. The molecule has 5 nitrogen and oxygen atoms in total. The van der Waals surface area contributed by atoms with Crippen LogP contribution < -0.4 is 10.5 Å². The monoisotopic (exact) mass is 311 g/mol. The van der Waals surface area contributed by atoms with Crippen molar-refractivity contribution < 1.29 is 18.4 Å². The maximum atomic E-state index is 12.9. The van der Waals surface area contributed by atoms with Gasteiger partial charge < -0.3 is 19.9 Å². The molecule has 2 N–H and O–H groups in total. The lowest BCUT2D eigenvalue weighted by molar-refractivity contribution is -0.0774. The van der Waals surface area contributed by atoms with Gasteiger partial charge in [-0.3, -0.25) is 4.21 Å². The number of nitrogens with two attached hydrogens (primary N) is 1. The molecule has 0 aliphatic carbocycles. The zero-order valence-electron chi connectivity index (χ0n) is 12.2. The van der Waals surface area contributed by atoms with E-state index in [0.717, 1.165) is 25.9 Å². The van der Waals surface area contributed by atoms with Crippen molar-refractivity contribution >= 4 is 16.5 Å². The molecule has 0 aromatic heterocycles. The summed E-state index contributed by atoms with van der Waals surface area (Å²) in [4.78, 5) is 0.662. The van der Waals surface area contributed by atoms with Crippen LogP contribution >= 0.6 is 0 Å². The van der Waals surface area contributed by atoms with Gasteiger partial charge in [0.1, 0.15) is 5.75 Å². The van der Waals surface area contributed by atoms with E-state index in [1.165, 1.54) is 0 Å². The van der Waals surface area contributed by atoms with E-state index in [0.29, 0.717) is 29.5 Å². The number of rotatable bonds is 3. The van der Waals surface area contributed by atoms with Gasteiger partial charge in [0, 0.05) is 30.6 Å². The molecule has 6 heteroatoms. The standard InChI is InChI=1S/C15H21NO4S/c1-18-11-2-3-13(16)14(8-11)21(17)12-4-6-20-15(9-12)5-7-19-10-15/h2-3,8,12H,4-7,9-10,16H2,1H3. The minimum absolute atomic E-state index is 0.0508. The minimum Gasteiger partial charge on any atom is -0.497 e. The zero-order chi connectivity index (χ0) is 14.9. The number of methoxy groups -OCH3 is 1. The highest BCUT2D eigenvalue weighted by Gasteiger charge is 2.43. The van der Waals surface area contributed by atoms with Crippen LogP contribution in [0.25, 0.3) is 0 Å². The molecule has 2 heterocycles. The third-order valence-electron chi connectivity index (χ3n) is 4.26. The lowest BCUT2D eigenvalue weighted by atomic mass is 9.93. The van der Waals surface area contributed by atoms with E-state index in [-0.39, 0.29) is 10.9 Å². The van der Waals surface area contributed by atoms with Crippen molar-refractivity contribution in [3.8, 4) is 5.75 Å². The number of anilines is 1. The van der Waals surface area contributed by atoms with Crippen LogP contribution in [0, 0.1) is 0 Å².